The van der Waals surface area contributed by atoms with Crippen LogP contribution >= 0.6 is 0 Å². The monoisotopic (exact) mass is 306 g/mol. The minimum absolute atomic E-state index is 0.0468. The van der Waals surface area contributed by atoms with E-state index in [-0.39, 0.29) is 11.9 Å². The number of aromatic nitrogens is 1. The predicted octanol–water partition coefficient (Wildman–Crippen LogP) is 3.07. The Balaban J connectivity index is 2.27. The van der Waals surface area contributed by atoms with Gasteiger partial charge in [0.15, 0.2) is 0 Å². The topological polar surface area (TPSA) is 62.4 Å². The second-order valence-corrected chi connectivity index (χ2v) is 6.36. The van der Waals surface area contributed by atoms with Gasteiger partial charge in [-0.2, -0.15) is 0 Å². The van der Waals surface area contributed by atoms with Crippen LogP contribution < -0.4 is 0 Å². The molecule has 5 heteroatoms. The van der Waals surface area contributed by atoms with Crippen LogP contribution in [0, 0.1) is 19.8 Å². The average molecular weight is 306 g/mol. The van der Waals surface area contributed by atoms with Crippen LogP contribution in [0.1, 0.15) is 64.7 Å². The second-order valence-electron chi connectivity index (χ2n) is 6.36. The van der Waals surface area contributed by atoms with E-state index in [0.717, 1.165) is 6.42 Å². The van der Waals surface area contributed by atoms with Gasteiger partial charge in [-0.25, -0.2) is 4.79 Å². The number of carbonyl (C=O) groups excluding carboxylic acids is 2. The first kappa shape index (κ1) is 16.6. The van der Waals surface area contributed by atoms with Crippen molar-refractivity contribution < 1.29 is 14.3 Å². The lowest BCUT2D eigenvalue weighted by Crippen LogP contribution is -2.43. The van der Waals surface area contributed by atoms with Gasteiger partial charge >= 0.3 is 5.97 Å². The Morgan fingerprint density at radius 2 is 1.86 bits per heavy atom. The van der Waals surface area contributed by atoms with Gasteiger partial charge in [-0.1, -0.05) is 19.8 Å². The predicted molar refractivity (Wildman–Crippen MR) is 85.1 cm³/mol. The molecule has 1 amide bonds. The van der Waals surface area contributed by atoms with Gasteiger partial charge in [-0.3, -0.25) is 4.79 Å². The summed E-state index contributed by atoms with van der Waals surface area (Å²) in [4.78, 5) is 29.6. The molecule has 1 aromatic heterocycles. The van der Waals surface area contributed by atoms with Gasteiger partial charge in [-0.15, -0.1) is 0 Å². The number of nitrogens with zero attached hydrogens (tertiary/aromatic N) is 1. The maximum Gasteiger partial charge on any atom is 0.339 e. The minimum atomic E-state index is -0.404. The lowest BCUT2D eigenvalue weighted by Gasteiger charge is -2.36. The number of hydrogen-bond acceptors (Lipinski definition) is 3. The molecule has 1 N–H and O–H groups in total. The Kier molecular flexibility index (Phi) is 4.94. The van der Waals surface area contributed by atoms with Crippen molar-refractivity contribution in [2.75, 3.05) is 14.2 Å². The third-order valence-corrected chi connectivity index (χ3v) is 4.92. The fourth-order valence-electron chi connectivity index (χ4n) is 3.57. The van der Waals surface area contributed by atoms with E-state index in [1.807, 2.05) is 11.9 Å². The van der Waals surface area contributed by atoms with Crippen LogP contribution in [0.3, 0.4) is 0 Å². The number of methoxy groups -OCH3 is 1. The molecule has 0 aliphatic heterocycles. The Bertz CT molecular complexity index is 577. The molecule has 0 bridgehead atoms. The van der Waals surface area contributed by atoms with Crippen LogP contribution in [0.15, 0.2) is 0 Å². The first-order valence-electron chi connectivity index (χ1n) is 7.93. The molecule has 0 radical (unpaired) electrons. The zero-order chi connectivity index (χ0) is 16.4. The molecule has 1 aliphatic rings. The van der Waals surface area contributed by atoms with Gasteiger partial charge in [0, 0.05) is 18.8 Å². The van der Waals surface area contributed by atoms with Crippen LogP contribution in [0.4, 0.5) is 0 Å². The van der Waals surface area contributed by atoms with Gasteiger partial charge in [0.25, 0.3) is 5.91 Å². The molecule has 1 aliphatic carbocycles. The van der Waals surface area contributed by atoms with E-state index in [9.17, 15) is 9.59 Å². The SMILES string of the molecule is COC(=O)c1c(C)[nH]c(C(=O)N(C)C2CCCCC2C)c1C. The molecule has 122 valence electrons. The van der Waals surface area contributed by atoms with Gasteiger partial charge in [0.1, 0.15) is 5.69 Å². The highest BCUT2D eigenvalue weighted by Gasteiger charge is 2.31. The van der Waals surface area contributed by atoms with Crippen molar-refractivity contribution in [1.29, 1.82) is 0 Å². The average Bonchev–Trinajstić information content (AvgIpc) is 2.80. The zero-order valence-corrected chi connectivity index (χ0v) is 14.2. The third kappa shape index (κ3) is 2.89. The maximum absolute atomic E-state index is 12.8. The highest BCUT2D eigenvalue weighted by Crippen LogP contribution is 2.29. The van der Waals surface area contributed by atoms with Crippen LogP contribution in [0.25, 0.3) is 0 Å². The fourth-order valence-corrected chi connectivity index (χ4v) is 3.57. The van der Waals surface area contributed by atoms with Crippen molar-refractivity contribution in [3.63, 3.8) is 0 Å². The second kappa shape index (κ2) is 6.55. The molecule has 0 saturated heterocycles. The van der Waals surface area contributed by atoms with E-state index in [4.69, 9.17) is 4.74 Å². The van der Waals surface area contributed by atoms with Crippen LogP contribution in [0.2, 0.25) is 0 Å². The van der Waals surface area contributed by atoms with E-state index in [1.54, 1.807) is 13.8 Å². The standard InChI is InChI=1S/C17H26N2O3/c1-10-8-6-7-9-13(10)19(4)16(20)15-11(2)14(12(3)18-15)17(21)22-5/h10,13,18H,6-9H2,1-5H3. The zero-order valence-electron chi connectivity index (χ0n) is 14.2. The summed E-state index contributed by atoms with van der Waals surface area (Å²) in [6.07, 6.45) is 4.63. The highest BCUT2D eigenvalue weighted by atomic mass is 16.5. The number of ether oxygens (including phenoxy) is 1. The number of H-pyrrole nitrogens is 1. The molecule has 1 heterocycles. The van der Waals surface area contributed by atoms with Crippen molar-refractivity contribution in [2.24, 2.45) is 5.92 Å². The van der Waals surface area contributed by atoms with Gasteiger partial charge in [-0.05, 0) is 38.2 Å². The summed E-state index contributed by atoms with van der Waals surface area (Å²) in [5.41, 5.74) is 2.32. The lowest BCUT2D eigenvalue weighted by molar-refractivity contribution is 0.0599. The van der Waals surface area contributed by atoms with E-state index in [0.29, 0.717) is 28.4 Å². The number of carbonyl (C=O) groups is 2. The summed E-state index contributed by atoms with van der Waals surface area (Å²) in [5, 5.41) is 0. The summed E-state index contributed by atoms with van der Waals surface area (Å²) in [5.74, 6) is 0.0626. The number of rotatable bonds is 3. The largest absolute Gasteiger partial charge is 0.465 e. The van der Waals surface area contributed by atoms with Crippen molar-refractivity contribution in [2.45, 2.75) is 52.5 Å². The first-order valence-corrected chi connectivity index (χ1v) is 7.93. The maximum atomic E-state index is 12.8. The number of aryl methyl sites for hydroxylation is 1. The fraction of sp³-hybridized carbons (Fsp3) is 0.647. The molecule has 1 saturated carbocycles. The van der Waals surface area contributed by atoms with Crippen LogP contribution in [-0.2, 0) is 4.74 Å². The molecular weight excluding hydrogens is 280 g/mol. The van der Waals surface area contributed by atoms with E-state index in [1.165, 1.54) is 26.4 Å². The summed E-state index contributed by atoms with van der Waals surface area (Å²) in [6, 6.07) is 0.269. The van der Waals surface area contributed by atoms with Crippen molar-refractivity contribution in [1.82, 2.24) is 9.88 Å². The number of amides is 1. The minimum Gasteiger partial charge on any atom is -0.465 e. The quantitative estimate of drug-likeness (QED) is 0.873. The first-order chi connectivity index (χ1) is 10.4. The molecule has 1 fully saturated rings. The molecule has 0 spiro atoms. The van der Waals surface area contributed by atoms with E-state index >= 15 is 0 Å². The number of hydrogen-bond donors (Lipinski definition) is 1. The molecule has 5 nitrogen and oxygen atoms in total. The smallest absolute Gasteiger partial charge is 0.339 e. The number of nitrogens with one attached hydrogen (secondary N) is 1. The molecule has 2 unspecified atom stereocenters. The van der Waals surface area contributed by atoms with E-state index in [2.05, 4.69) is 11.9 Å². The van der Waals surface area contributed by atoms with E-state index < -0.39 is 5.97 Å². The third-order valence-electron chi connectivity index (χ3n) is 4.92. The molecular formula is C17H26N2O3. The summed E-state index contributed by atoms with van der Waals surface area (Å²) in [7, 11) is 3.22. The van der Waals surface area contributed by atoms with Crippen LogP contribution in [0.5, 0.6) is 0 Å². The van der Waals surface area contributed by atoms with Gasteiger partial charge in [0.2, 0.25) is 0 Å². The molecule has 1 aromatic rings. The highest BCUT2D eigenvalue weighted by molar-refractivity contribution is 6.00. The molecule has 2 rings (SSSR count). The summed E-state index contributed by atoms with van der Waals surface area (Å²) in [6.45, 7) is 5.79. The Labute approximate surface area is 132 Å². The summed E-state index contributed by atoms with van der Waals surface area (Å²) < 4.78 is 4.80. The van der Waals surface area contributed by atoms with Crippen molar-refractivity contribution >= 4 is 11.9 Å². The molecule has 22 heavy (non-hydrogen) atoms. The molecule has 0 aromatic carbocycles. The van der Waals surface area contributed by atoms with Crippen molar-refractivity contribution in [3.05, 3.63) is 22.5 Å². The number of aromatic amines is 1. The van der Waals surface area contributed by atoms with Crippen molar-refractivity contribution in [3.8, 4) is 0 Å². The Morgan fingerprint density at radius 3 is 2.45 bits per heavy atom. The lowest BCUT2D eigenvalue weighted by atomic mass is 9.85. The van der Waals surface area contributed by atoms with Gasteiger partial charge < -0.3 is 14.6 Å². The number of esters is 1. The summed E-state index contributed by atoms with van der Waals surface area (Å²) >= 11 is 0. The Morgan fingerprint density at radius 1 is 1.23 bits per heavy atom. The molecule has 2 atom stereocenters. The van der Waals surface area contributed by atoms with Crippen LogP contribution in [-0.4, -0.2) is 42.0 Å². The Hall–Kier alpha value is -1.78. The van der Waals surface area contributed by atoms with Gasteiger partial charge in [0.05, 0.1) is 12.7 Å². The normalized spacial score (nSPS) is 21.5.